The third kappa shape index (κ3) is 4.17. The van der Waals surface area contributed by atoms with Crippen LogP contribution in [0.15, 0.2) is 30.6 Å². The van der Waals surface area contributed by atoms with E-state index in [2.05, 4.69) is 20.1 Å². The fraction of sp³-hybridized carbons (Fsp3) is 0.500. The lowest BCUT2D eigenvalue weighted by Gasteiger charge is -2.22. The van der Waals surface area contributed by atoms with E-state index in [0.717, 1.165) is 11.1 Å². The summed E-state index contributed by atoms with van der Waals surface area (Å²) in [6.07, 6.45) is -4.04. The van der Waals surface area contributed by atoms with E-state index >= 15 is 0 Å². The predicted molar refractivity (Wildman–Crippen MR) is 104 cm³/mol. The average molecular weight is 454 g/mol. The second kappa shape index (κ2) is 7.52. The molecule has 2 atom stereocenters. The standard InChI is InChI=1S/C20H19F5N6O/c21-15(22)9-31-18-14(6-27-31)26-7-16(29-18)30-8-12-4-19(12,10-30)11-32-17-3-1-2-13(28-17)5-20(23,24)25/h1-3,6-7,12,15H,4-5,8-11H2. The molecule has 0 bridgehead atoms. The van der Waals surface area contributed by atoms with Crippen molar-refractivity contribution in [3.63, 3.8) is 0 Å². The fourth-order valence-electron chi connectivity index (χ4n) is 4.31. The summed E-state index contributed by atoms with van der Waals surface area (Å²) < 4.78 is 70.2. The molecule has 4 heterocycles. The molecule has 32 heavy (non-hydrogen) atoms. The van der Waals surface area contributed by atoms with Gasteiger partial charge in [0.1, 0.15) is 17.9 Å². The molecule has 5 rings (SSSR count). The van der Waals surface area contributed by atoms with E-state index in [0.29, 0.717) is 42.6 Å². The first kappa shape index (κ1) is 20.8. The van der Waals surface area contributed by atoms with Gasteiger partial charge in [-0.05, 0) is 18.4 Å². The van der Waals surface area contributed by atoms with Crippen molar-refractivity contribution in [2.45, 2.75) is 32.0 Å². The number of piperidine rings is 1. The van der Waals surface area contributed by atoms with E-state index in [4.69, 9.17) is 4.74 Å². The molecule has 3 aromatic rings. The van der Waals surface area contributed by atoms with Gasteiger partial charge in [-0.3, -0.25) is 0 Å². The van der Waals surface area contributed by atoms with Gasteiger partial charge in [0, 0.05) is 24.6 Å². The van der Waals surface area contributed by atoms with Crippen molar-refractivity contribution in [2.75, 3.05) is 24.6 Å². The van der Waals surface area contributed by atoms with Crippen LogP contribution < -0.4 is 9.64 Å². The second-order valence-electron chi connectivity index (χ2n) is 8.35. The molecule has 0 spiro atoms. The lowest BCUT2D eigenvalue weighted by Crippen LogP contribution is -2.28. The minimum Gasteiger partial charge on any atom is -0.477 e. The number of alkyl halides is 5. The van der Waals surface area contributed by atoms with Crippen molar-refractivity contribution in [1.29, 1.82) is 0 Å². The maximum Gasteiger partial charge on any atom is 0.394 e. The van der Waals surface area contributed by atoms with Crippen molar-refractivity contribution >= 4 is 17.0 Å². The zero-order valence-electron chi connectivity index (χ0n) is 16.8. The summed E-state index contributed by atoms with van der Waals surface area (Å²) in [5.74, 6) is 1.09. The number of nitrogens with zero attached hydrogens (tertiary/aromatic N) is 6. The molecule has 12 heteroatoms. The Labute approximate surface area is 179 Å². The highest BCUT2D eigenvalue weighted by Gasteiger charge is 2.60. The van der Waals surface area contributed by atoms with Gasteiger partial charge in [0.05, 0.1) is 31.1 Å². The van der Waals surface area contributed by atoms with E-state index in [1.54, 1.807) is 12.3 Å². The largest absolute Gasteiger partial charge is 0.477 e. The number of ether oxygens (including phenoxy) is 1. The quantitative estimate of drug-likeness (QED) is 0.509. The minimum atomic E-state index is -4.33. The Morgan fingerprint density at radius 1 is 1.19 bits per heavy atom. The SMILES string of the molecule is FC(F)Cn1ncc2ncc(N3CC4CC4(COc4cccc(CC(F)(F)F)n4)C3)nc21. The van der Waals surface area contributed by atoms with Gasteiger partial charge in [0.2, 0.25) is 5.88 Å². The molecule has 0 radical (unpaired) electrons. The number of rotatable bonds is 7. The summed E-state index contributed by atoms with van der Waals surface area (Å²) in [7, 11) is 0. The first-order valence-corrected chi connectivity index (χ1v) is 10.1. The van der Waals surface area contributed by atoms with Crippen molar-refractivity contribution < 1.29 is 26.7 Å². The number of anilines is 1. The summed E-state index contributed by atoms with van der Waals surface area (Å²) in [5.41, 5.74) is 0.527. The van der Waals surface area contributed by atoms with Gasteiger partial charge in [0.15, 0.2) is 5.65 Å². The van der Waals surface area contributed by atoms with Crippen LogP contribution in [0.5, 0.6) is 5.88 Å². The molecule has 0 aromatic carbocycles. The molecule has 1 aliphatic heterocycles. The molecule has 0 amide bonds. The van der Waals surface area contributed by atoms with Crippen LogP contribution in [0.25, 0.3) is 11.2 Å². The molecular weight excluding hydrogens is 435 g/mol. The summed E-state index contributed by atoms with van der Waals surface area (Å²) in [6.45, 7) is 1.12. The number of hydrogen-bond donors (Lipinski definition) is 0. The Balaban J connectivity index is 1.26. The van der Waals surface area contributed by atoms with E-state index in [1.165, 1.54) is 18.3 Å². The van der Waals surface area contributed by atoms with Crippen LogP contribution in [-0.4, -0.2) is 57.0 Å². The molecular formula is C20H19F5N6O. The molecule has 2 fully saturated rings. The number of fused-ring (bicyclic) bond motifs is 2. The van der Waals surface area contributed by atoms with Crippen LogP contribution in [0, 0.1) is 11.3 Å². The van der Waals surface area contributed by atoms with Gasteiger partial charge in [-0.25, -0.2) is 28.4 Å². The summed E-state index contributed by atoms with van der Waals surface area (Å²) in [5, 5.41) is 3.93. The number of aromatic nitrogens is 5. The Bertz CT molecular complexity index is 1140. The zero-order chi connectivity index (χ0) is 22.5. The third-order valence-corrected chi connectivity index (χ3v) is 5.94. The van der Waals surface area contributed by atoms with Crippen LogP contribution in [0.1, 0.15) is 12.1 Å². The smallest absolute Gasteiger partial charge is 0.394 e. The average Bonchev–Trinajstić information content (AvgIpc) is 3.06. The highest BCUT2D eigenvalue weighted by Crippen LogP contribution is 2.58. The summed E-state index contributed by atoms with van der Waals surface area (Å²) in [4.78, 5) is 14.8. The third-order valence-electron chi connectivity index (χ3n) is 5.94. The summed E-state index contributed by atoms with van der Waals surface area (Å²) in [6, 6.07) is 4.37. The topological polar surface area (TPSA) is 69.0 Å². The molecule has 2 unspecified atom stereocenters. The van der Waals surface area contributed by atoms with Crippen LogP contribution in [0.2, 0.25) is 0 Å². The van der Waals surface area contributed by atoms with Crippen molar-refractivity contribution in [3.05, 3.63) is 36.3 Å². The Kier molecular flexibility index (Phi) is 4.90. The second-order valence-corrected chi connectivity index (χ2v) is 8.35. The van der Waals surface area contributed by atoms with Crippen molar-refractivity contribution in [2.24, 2.45) is 11.3 Å². The highest BCUT2D eigenvalue weighted by molar-refractivity contribution is 5.71. The Morgan fingerprint density at radius 2 is 2.03 bits per heavy atom. The molecule has 1 saturated carbocycles. The molecule has 3 aromatic heterocycles. The van der Waals surface area contributed by atoms with Crippen molar-refractivity contribution in [1.82, 2.24) is 24.7 Å². The molecule has 7 nitrogen and oxygen atoms in total. The van der Waals surface area contributed by atoms with Gasteiger partial charge in [-0.2, -0.15) is 18.3 Å². The fourth-order valence-corrected chi connectivity index (χ4v) is 4.31. The molecule has 170 valence electrons. The highest BCUT2D eigenvalue weighted by atomic mass is 19.4. The Hall–Kier alpha value is -3.05. The van der Waals surface area contributed by atoms with Crippen LogP contribution in [0.4, 0.5) is 27.8 Å². The number of halogens is 5. The zero-order valence-corrected chi connectivity index (χ0v) is 16.8. The molecule has 1 aliphatic carbocycles. The molecule has 2 aliphatic rings. The number of pyridine rings is 1. The first-order valence-electron chi connectivity index (χ1n) is 10.1. The summed E-state index contributed by atoms with van der Waals surface area (Å²) >= 11 is 0. The first-order chi connectivity index (χ1) is 15.2. The lowest BCUT2D eigenvalue weighted by molar-refractivity contribution is -0.127. The van der Waals surface area contributed by atoms with Gasteiger partial charge < -0.3 is 9.64 Å². The molecule has 1 saturated heterocycles. The normalized spacial score (nSPS) is 22.6. The van der Waals surface area contributed by atoms with Gasteiger partial charge in [-0.1, -0.05) is 6.07 Å². The monoisotopic (exact) mass is 454 g/mol. The lowest BCUT2D eigenvalue weighted by atomic mass is 10.1. The van der Waals surface area contributed by atoms with Crippen LogP contribution in [0.3, 0.4) is 0 Å². The van der Waals surface area contributed by atoms with Gasteiger partial charge >= 0.3 is 6.18 Å². The van der Waals surface area contributed by atoms with E-state index in [-0.39, 0.29) is 17.0 Å². The van der Waals surface area contributed by atoms with E-state index in [1.807, 2.05) is 4.90 Å². The van der Waals surface area contributed by atoms with E-state index in [9.17, 15) is 22.0 Å². The molecule has 0 N–H and O–H groups in total. The van der Waals surface area contributed by atoms with Crippen LogP contribution in [-0.2, 0) is 13.0 Å². The van der Waals surface area contributed by atoms with Crippen LogP contribution >= 0.6 is 0 Å². The van der Waals surface area contributed by atoms with Gasteiger partial charge in [-0.15, -0.1) is 0 Å². The Morgan fingerprint density at radius 3 is 2.81 bits per heavy atom. The van der Waals surface area contributed by atoms with Gasteiger partial charge in [0.25, 0.3) is 6.43 Å². The minimum absolute atomic E-state index is 0.0862. The van der Waals surface area contributed by atoms with Crippen molar-refractivity contribution in [3.8, 4) is 5.88 Å². The maximum absolute atomic E-state index is 12.8. The number of hydrogen-bond acceptors (Lipinski definition) is 6. The predicted octanol–water partition coefficient (Wildman–Crippen LogP) is 3.50. The van der Waals surface area contributed by atoms with E-state index < -0.39 is 25.6 Å². The maximum atomic E-state index is 12.8.